The Labute approximate surface area is 134 Å². The summed E-state index contributed by atoms with van der Waals surface area (Å²) in [5.74, 6) is 2.43. The van der Waals surface area contributed by atoms with Crippen molar-refractivity contribution < 1.29 is 0 Å². The van der Waals surface area contributed by atoms with Crippen LogP contribution in [0, 0.1) is 5.92 Å². The van der Waals surface area contributed by atoms with E-state index in [0.717, 1.165) is 28.4 Å². The second-order valence-electron chi connectivity index (χ2n) is 6.54. The van der Waals surface area contributed by atoms with Crippen molar-refractivity contribution in [3.63, 3.8) is 0 Å². The molecule has 2 nitrogen and oxygen atoms in total. The van der Waals surface area contributed by atoms with Gasteiger partial charge in [-0.3, -0.25) is 0 Å². The number of hydrogen-bond donors (Lipinski definition) is 0. The molecule has 0 spiro atoms. The van der Waals surface area contributed by atoms with Crippen LogP contribution in [0.2, 0.25) is 5.15 Å². The molecule has 2 aliphatic rings. The summed E-state index contributed by atoms with van der Waals surface area (Å²) in [6, 6.07) is 0. The maximum absolute atomic E-state index is 6.52. The predicted molar refractivity (Wildman–Crippen MR) is 89.4 cm³/mol. The lowest BCUT2D eigenvalue weighted by Gasteiger charge is -2.26. The van der Waals surface area contributed by atoms with Gasteiger partial charge in [-0.2, -0.15) is 0 Å². The molecule has 0 amide bonds. The summed E-state index contributed by atoms with van der Waals surface area (Å²) in [7, 11) is 0. The minimum atomic E-state index is 0.520. The third-order valence-corrected chi connectivity index (χ3v) is 6.79. The van der Waals surface area contributed by atoms with Gasteiger partial charge in [-0.25, -0.2) is 9.97 Å². The molecule has 0 bridgehead atoms. The lowest BCUT2D eigenvalue weighted by Crippen LogP contribution is -2.14. The number of rotatable bonds is 2. The molecule has 2 aromatic heterocycles. The van der Waals surface area contributed by atoms with Crippen LogP contribution in [0.5, 0.6) is 0 Å². The van der Waals surface area contributed by atoms with Gasteiger partial charge in [0.1, 0.15) is 15.8 Å². The zero-order chi connectivity index (χ0) is 14.4. The normalized spacial score (nSPS) is 25.4. The Morgan fingerprint density at radius 2 is 1.95 bits per heavy atom. The second kappa shape index (κ2) is 5.51. The minimum Gasteiger partial charge on any atom is -0.222 e. The van der Waals surface area contributed by atoms with Crippen LogP contribution in [0.4, 0.5) is 0 Å². The van der Waals surface area contributed by atoms with Crippen LogP contribution in [-0.4, -0.2) is 9.97 Å². The molecule has 0 radical (unpaired) electrons. The summed E-state index contributed by atoms with van der Waals surface area (Å²) in [4.78, 5) is 12.2. The van der Waals surface area contributed by atoms with Crippen LogP contribution < -0.4 is 0 Å². The monoisotopic (exact) mass is 320 g/mol. The number of fused-ring (bicyclic) bond motifs is 3. The fourth-order valence-corrected chi connectivity index (χ4v) is 5.59. The standard InChI is InChI=1S/C17H21ClN2S/c1-2-10-6-8-11(9-7-10)16-19-15(18)14-12-4-3-5-13(12)21-17(14)20-16/h10-11H,2-9H2,1H3. The van der Waals surface area contributed by atoms with Crippen molar-refractivity contribution in [1.82, 2.24) is 9.97 Å². The van der Waals surface area contributed by atoms with Gasteiger partial charge in [-0.05, 0) is 56.4 Å². The number of nitrogens with zero attached hydrogens (tertiary/aromatic N) is 2. The van der Waals surface area contributed by atoms with Crippen molar-refractivity contribution in [1.29, 1.82) is 0 Å². The minimum absolute atomic E-state index is 0.520. The Bertz CT molecular complexity index is 671. The fraction of sp³-hybridized carbons (Fsp3) is 0.647. The van der Waals surface area contributed by atoms with Crippen LogP contribution in [0.25, 0.3) is 10.2 Å². The molecular formula is C17H21ClN2S. The van der Waals surface area contributed by atoms with E-state index in [2.05, 4.69) is 11.9 Å². The van der Waals surface area contributed by atoms with Gasteiger partial charge in [0.05, 0.1) is 5.39 Å². The molecule has 0 N–H and O–H groups in total. The van der Waals surface area contributed by atoms with Crippen molar-refractivity contribution >= 4 is 33.2 Å². The van der Waals surface area contributed by atoms with Gasteiger partial charge >= 0.3 is 0 Å². The van der Waals surface area contributed by atoms with E-state index >= 15 is 0 Å². The quantitative estimate of drug-likeness (QED) is 0.681. The highest BCUT2D eigenvalue weighted by Gasteiger charge is 2.26. The maximum atomic E-state index is 6.52. The lowest BCUT2D eigenvalue weighted by atomic mass is 9.80. The number of aryl methyl sites for hydroxylation is 2. The Balaban J connectivity index is 1.68. The van der Waals surface area contributed by atoms with Crippen LogP contribution in [-0.2, 0) is 12.8 Å². The van der Waals surface area contributed by atoms with E-state index in [1.54, 1.807) is 0 Å². The Morgan fingerprint density at radius 1 is 1.14 bits per heavy atom. The molecule has 112 valence electrons. The molecule has 1 saturated carbocycles. The van der Waals surface area contributed by atoms with Crippen molar-refractivity contribution in [2.24, 2.45) is 5.92 Å². The number of halogens is 1. The molecule has 4 heteroatoms. The van der Waals surface area contributed by atoms with Gasteiger partial charge in [0.2, 0.25) is 0 Å². The van der Waals surface area contributed by atoms with Crippen molar-refractivity contribution in [2.45, 2.75) is 64.2 Å². The van der Waals surface area contributed by atoms with E-state index in [1.807, 2.05) is 11.3 Å². The third kappa shape index (κ3) is 2.39. The summed E-state index contributed by atoms with van der Waals surface area (Å²) >= 11 is 8.37. The molecule has 0 unspecified atom stereocenters. The summed E-state index contributed by atoms with van der Waals surface area (Å²) in [5, 5.41) is 1.85. The van der Waals surface area contributed by atoms with Gasteiger partial charge in [0, 0.05) is 10.8 Å². The predicted octanol–water partition coefficient (Wildman–Crippen LogP) is 5.52. The molecule has 0 atom stereocenters. The van der Waals surface area contributed by atoms with E-state index in [9.17, 15) is 0 Å². The van der Waals surface area contributed by atoms with E-state index in [0.29, 0.717) is 11.1 Å². The smallest absolute Gasteiger partial charge is 0.141 e. The van der Waals surface area contributed by atoms with Crippen LogP contribution >= 0.6 is 22.9 Å². The van der Waals surface area contributed by atoms with Crippen molar-refractivity contribution in [2.75, 3.05) is 0 Å². The SMILES string of the molecule is CCC1CCC(c2nc(Cl)c3c4c(sc3n2)CCC4)CC1. The number of aromatic nitrogens is 2. The first-order valence-electron chi connectivity index (χ1n) is 8.24. The van der Waals surface area contributed by atoms with Gasteiger partial charge in [-0.1, -0.05) is 24.9 Å². The number of hydrogen-bond acceptors (Lipinski definition) is 3. The average molecular weight is 321 g/mol. The molecule has 2 heterocycles. The van der Waals surface area contributed by atoms with Crippen LogP contribution in [0.3, 0.4) is 0 Å². The second-order valence-corrected chi connectivity index (χ2v) is 7.98. The van der Waals surface area contributed by atoms with Crippen molar-refractivity contribution in [3.8, 4) is 0 Å². The summed E-state index contributed by atoms with van der Waals surface area (Å²) in [6.07, 6.45) is 10.0. The first-order chi connectivity index (χ1) is 10.3. The number of thiophene rings is 1. The van der Waals surface area contributed by atoms with Crippen LogP contribution in [0.15, 0.2) is 0 Å². The zero-order valence-corrected chi connectivity index (χ0v) is 14.1. The van der Waals surface area contributed by atoms with Gasteiger partial charge in [0.25, 0.3) is 0 Å². The molecular weight excluding hydrogens is 300 g/mol. The van der Waals surface area contributed by atoms with Crippen molar-refractivity contribution in [3.05, 3.63) is 21.4 Å². The summed E-state index contributed by atoms with van der Waals surface area (Å²) in [6.45, 7) is 2.30. The average Bonchev–Trinajstić information content (AvgIpc) is 3.07. The molecule has 0 aliphatic heterocycles. The van der Waals surface area contributed by atoms with E-state index < -0.39 is 0 Å². The highest BCUT2D eigenvalue weighted by molar-refractivity contribution is 7.19. The highest BCUT2D eigenvalue weighted by atomic mass is 35.5. The molecule has 21 heavy (non-hydrogen) atoms. The molecule has 2 aliphatic carbocycles. The molecule has 0 aromatic carbocycles. The molecule has 0 saturated heterocycles. The Hall–Kier alpha value is -0.670. The fourth-order valence-electron chi connectivity index (χ4n) is 3.98. The zero-order valence-electron chi connectivity index (χ0n) is 12.5. The van der Waals surface area contributed by atoms with E-state index in [1.165, 1.54) is 55.4 Å². The first kappa shape index (κ1) is 14.0. The largest absolute Gasteiger partial charge is 0.222 e. The summed E-state index contributed by atoms with van der Waals surface area (Å²) in [5.41, 5.74) is 1.43. The van der Waals surface area contributed by atoms with Gasteiger partial charge < -0.3 is 0 Å². The molecule has 1 fully saturated rings. The Kier molecular flexibility index (Phi) is 3.66. The highest BCUT2D eigenvalue weighted by Crippen LogP contribution is 2.41. The third-order valence-electron chi connectivity index (χ3n) is 5.33. The van der Waals surface area contributed by atoms with Gasteiger partial charge in [-0.15, -0.1) is 11.3 Å². The van der Waals surface area contributed by atoms with E-state index in [-0.39, 0.29) is 0 Å². The maximum Gasteiger partial charge on any atom is 0.141 e. The Morgan fingerprint density at radius 3 is 2.71 bits per heavy atom. The topological polar surface area (TPSA) is 25.8 Å². The van der Waals surface area contributed by atoms with Crippen LogP contribution in [0.1, 0.15) is 67.6 Å². The lowest BCUT2D eigenvalue weighted by molar-refractivity contribution is 0.312. The van der Waals surface area contributed by atoms with E-state index in [4.69, 9.17) is 16.6 Å². The molecule has 4 rings (SSSR count). The first-order valence-corrected chi connectivity index (χ1v) is 9.43. The molecule has 2 aromatic rings. The summed E-state index contributed by atoms with van der Waals surface area (Å²) < 4.78 is 0. The van der Waals surface area contributed by atoms with Gasteiger partial charge in [0.15, 0.2) is 0 Å².